The summed E-state index contributed by atoms with van der Waals surface area (Å²) >= 11 is 0. The molecule has 0 aliphatic carbocycles. The molecule has 130 valence electrons. The van der Waals surface area contributed by atoms with Gasteiger partial charge >= 0.3 is 0 Å². The smallest absolute Gasteiger partial charge is 0.211 e. The van der Waals surface area contributed by atoms with Crippen molar-refractivity contribution in [3.05, 3.63) is 54.3 Å². The molecule has 0 aromatic heterocycles. The second kappa shape index (κ2) is 8.26. The molecule has 2 aromatic carbocycles. The van der Waals surface area contributed by atoms with Crippen LogP contribution in [-0.2, 0) is 10.0 Å². The molecule has 1 atom stereocenters. The molecule has 4 nitrogen and oxygen atoms in total. The summed E-state index contributed by atoms with van der Waals surface area (Å²) in [6.07, 6.45) is 0.281. The lowest BCUT2D eigenvalue weighted by atomic mass is 10.1. The van der Waals surface area contributed by atoms with E-state index in [1.54, 1.807) is 25.1 Å². The van der Waals surface area contributed by atoms with Gasteiger partial charge in [-0.1, -0.05) is 31.2 Å². The van der Waals surface area contributed by atoms with Gasteiger partial charge in [0.2, 0.25) is 10.0 Å². The molecule has 1 unspecified atom stereocenters. The minimum absolute atomic E-state index is 0.113. The third-order valence-corrected chi connectivity index (χ3v) is 4.97. The van der Waals surface area contributed by atoms with Gasteiger partial charge in [-0.3, -0.25) is 0 Å². The van der Waals surface area contributed by atoms with E-state index in [1.165, 1.54) is 12.1 Å². The first-order chi connectivity index (χ1) is 11.4. The van der Waals surface area contributed by atoms with Gasteiger partial charge < -0.3 is 4.74 Å². The lowest BCUT2D eigenvalue weighted by molar-refractivity contribution is 0.225. The second-order valence-corrected chi connectivity index (χ2v) is 7.56. The third-order valence-electron chi connectivity index (χ3n) is 3.41. The van der Waals surface area contributed by atoms with E-state index in [-0.39, 0.29) is 24.2 Å². The van der Waals surface area contributed by atoms with Crippen molar-refractivity contribution in [1.29, 1.82) is 0 Å². The molecule has 2 aromatic rings. The summed E-state index contributed by atoms with van der Waals surface area (Å²) in [5, 5.41) is 0. The predicted octanol–water partition coefficient (Wildman–Crippen LogP) is 3.59. The summed E-state index contributed by atoms with van der Waals surface area (Å²) in [4.78, 5) is 0. The van der Waals surface area contributed by atoms with Crippen LogP contribution in [0.3, 0.4) is 0 Å². The van der Waals surface area contributed by atoms with Gasteiger partial charge in [-0.25, -0.2) is 17.5 Å². The molecule has 6 heteroatoms. The fraction of sp³-hybridized carbons (Fsp3) is 0.333. The number of hydrogen-bond acceptors (Lipinski definition) is 3. The van der Waals surface area contributed by atoms with Crippen LogP contribution >= 0.6 is 0 Å². The van der Waals surface area contributed by atoms with Gasteiger partial charge in [0.25, 0.3) is 0 Å². The van der Waals surface area contributed by atoms with Gasteiger partial charge in [-0.15, -0.1) is 0 Å². The fourth-order valence-electron chi connectivity index (χ4n) is 2.25. The van der Waals surface area contributed by atoms with Crippen LogP contribution in [-0.4, -0.2) is 26.8 Å². The van der Waals surface area contributed by atoms with Gasteiger partial charge in [0.1, 0.15) is 17.7 Å². The highest BCUT2D eigenvalue weighted by molar-refractivity contribution is 7.89. The van der Waals surface area contributed by atoms with E-state index in [9.17, 15) is 12.8 Å². The Bertz CT molecular complexity index is 760. The Morgan fingerprint density at radius 2 is 1.83 bits per heavy atom. The number of halogens is 1. The molecule has 0 aliphatic heterocycles. The van der Waals surface area contributed by atoms with Gasteiger partial charge in [0.15, 0.2) is 0 Å². The summed E-state index contributed by atoms with van der Waals surface area (Å²) < 4.78 is 44.7. The Labute approximate surface area is 142 Å². The molecule has 0 radical (unpaired) electrons. The summed E-state index contributed by atoms with van der Waals surface area (Å²) in [5.41, 5.74) is 1.68. The van der Waals surface area contributed by atoms with E-state index >= 15 is 0 Å². The van der Waals surface area contributed by atoms with Crippen LogP contribution in [0, 0.1) is 5.82 Å². The highest BCUT2D eigenvalue weighted by Crippen LogP contribution is 2.23. The number of sulfonamides is 1. The molecule has 24 heavy (non-hydrogen) atoms. The van der Waals surface area contributed by atoms with Crippen molar-refractivity contribution in [3.8, 4) is 16.9 Å². The first-order valence-electron chi connectivity index (χ1n) is 7.89. The minimum atomic E-state index is -3.23. The maximum Gasteiger partial charge on any atom is 0.211 e. The fourth-order valence-corrected chi connectivity index (χ4v) is 3.42. The first kappa shape index (κ1) is 18.4. The molecule has 0 saturated carbocycles. The zero-order valence-electron chi connectivity index (χ0n) is 13.8. The zero-order chi connectivity index (χ0) is 17.6. The lowest BCUT2D eigenvalue weighted by Crippen LogP contribution is -2.34. The van der Waals surface area contributed by atoms with Crippen LogP contribution < -0.4 is 9.46 Å². The average Bonchev–Trinajstić information content (AvgIpc) is 2.54. The molecule has 2 rings (SSSR count). The summed E-state index contributed by atoms with van der Waals surface area (Å²) in [7, 11) is -3.23. The van der Waals surface area contributed by atoms with Crippen LogP contribution in [0.5, 0.6) is 5.75 Å². The van der Waals surface area contributed by atoms with Crippen LogP contribution in [0.1, 0.15) is 20.3 Å². The minimum Gasteiger partial charge on any atom is -0.489 e. The number of nitrogens with one attached hydrogen (secondary N) is 1. The average molecular weight is 351 g/mol. The molecule has 0 fully saturated rings. The number of benzene rings is 2. The van der Waals surface area contributed by atoms with Gasteiger partial charge in [0.05, 0.1) is 5.75 Å². The lowest BCUT2D eigenvalue weighted by Gasteiger charge is -2.16. The molecule has 1 N–H and O–H groups in total. The Kier molecular flexibility index (Phi) is 6.34. The van der Waals surface area contributed by atoms with Gasteiger partial charge in [-0.2, -0.15) is 0 Å². The number of ether oxygens (including phenoxy) is 1. The number of hydrogen-bond donors (Lipinski definition) is 1. The van der Waals surface area contributed by atoms with E-state index in [0.717, 1.165) is 11.1 Å². The Balaban J connectivity index is 1.94. The van der Waals surface area contributed by atoms with Crippen molar-refractivity contribution in [1.82, 2.24) is 4.72 Å². The van der Waals surface area contributed by atoms with Crippen LogP contribution in [0.15, 0.2) is 48.5 Å². The van der Waals surface area contributed by atoms with Crippen LogP contribution in [0.25, 0.3) is 11.1 Å². The van der Waals surface area contributed by atoms with E-state index in [4.69, 9.17) is 4.74 Å². The summed E-state index contributed by atoms with van der Waals surface area (Å²) in [6, 6.07) is 13.7. The second-order valence-electron chi connectivity index (χ2n) is 5.63. The maximum atomic E-state index is 13.3. The largest absolute Gasteiger partial charge is 0.489 e. The van der Waals surface area contributed by atoms with Gasteiger partial charge in [0, 0.05) is 6.54 Å². The van der Waals surface area contributed by atoms with Crippen LogP contribution in [0.4, 0.5) is 4.39 Å². The van der Waals surface area contributed by atoms with Crippen molar-refractivity contribution in [3.63, 3.8) is 0 Å². The molecular weight excluding hydrogens is 329 g/mol. The topological polar surface area (TPSA) is 55.4 Å². The zero-order valence-corrected chi connectivity index (χ0v) is 14.6. The summed E-state index contributed by atoms with van der Waals surface area (Å²) in [6.45, 7) is 3.84. The Morgan fingerprint density at radius 3 is 2.46 bits per heavy atom. The highest BCUT2D eigenvalue weighted by atomic mass is 32.2. The van der Waals surface area contributed by atoms with Crippen molar-refractivity contribution < 1.29 is 17.5 Å². The predicted molar refractivity (Wildman–Crippen MR) is 94.0 cm³/mol. The van der Waals surface area contributed by atoms with E-state index in [0.29, 0.717) is 12.2 Å². The molecule has 0 aliphatic rings. The third kappa shape index (κ3) is 5.62. The van der Waals surface area contributed by atoms with Crippen molar-refractivity contribution in [2.75, 3.05) is 12.3 Å². The molecule has 0 saturated heterocycles. The number of rotatable bonds is 8. The van der Waals surface area contributed by atoms with Crippen molar-refractivity contribution in [2.45, 2.75) is 26.4 Å². The van der Waals surface area contributed by atoms with Crippen molar-refractivity contribution >= 4 is 10.0 Å². The standard InChI is InChI=1S/C18H22FNO3S/c1-3-11-24(21,22)20-13-14(2)23-18-9-7-15(8-10-18)16-5-4-6-17(19)12-16/h4-10,12,14,20H,3,11,13H2,1-2H3. The van der Waals surface area contributed by atoms with E-state index < -0.39 is 10.0 Å². The molecule has 0 heterocycles. The Hall–Kier alpha value is -1.92. The first-order valence-corrected chi connectivity index (χ1v) is 9.55. The molecule has 0 spiro atoms. The van der Waals surface area contributed by atoms with E-state index in [2.05, 4.69) is 4.72 Å². The molecular formula is C18H22FNO3S. The molecule has 0 amide bonds. The monoisotopic (exact) mass is 351 g/mol. The SMILES string of the molecule is CCCS(=O)(=O)NCC(C)Oc1ccc(-c2cccc(F)c2)cc1. The quantitative estimate of drug-likeness (QED) is 0.791. The maximum absolute atomic E-state index is 13.3. The summed E-state index contributed by atoms with van der Waals surface area (Å²) in [5.74, 6) is 0.473. The Morgan fingerprint density at radius 1 is 1.12 bits per heavy atom. The highest BCUT2D eigenvalue weighted by Gasteiger charge is 2.11. The van der Waals surface area contributed by atoms with Crippen molar-refractivity contribution in [2.24, 2.45) is 0 Å². The molecule has 0 bridgehead atoms. The van der Waals surface area contributed by atoms with Crippen LogP contribution in [0.2, 0.25) is 0 Å². The normalized spacial score (nSPS) is 12.8. The van der Waals surface area contributed by atoms with Gasteiger partial charge in [-0.05, 0) is 48.7 Å². The van der Waals surface area contributed by atoms with E-state index in [1.807, 2.05) is 25.1 Å².